The van der Waals surface area contributed by atoms with Gasteiger partial charge < -0.3 is 0 Å². The van der Waals surface area contributed by atoms with Crippen molar-refractivity contribution in [2.45, 2.75) is 19.3 Å². The molecule has 0 aliphatic heterocycles. The fraction of sp³-hybridized carbons (Fsp3) is 0.0698. The van der Waals surface area contributed by atoms with Gasteiger partial charge in [0.2, 0.25) is 0 Å². The molecule has 7 aromatic carbocycles. The first-order valence-corrected chi connectivity index (χ1v) is 15.3. The number of benzene rings is 7. The molecule has 0 bridgehead atoms. The molecule has 7 heteroatoms. The second-order valence-electron chi connectivity index (χ2n) is 11.6. The van der Waals surface area contributed by atoms with Gasteiger partial charge in [-0.15, -0.1) is 0 Å². The lowest BCUT2D eigenvalue weighted by Crippen LogP contribution is -2.04. The lowest BCUT2D eigenvalue weighted by Gasteiger charge is -2.07. The van der Waals surface area contributed by atoms with E-state index in [1.54, 1.807) is 12.1 Å². The highest BCUT2D eigenvalue weighted by molar-refractivity contribution is 6.05. The van der Waals surface area contributed by atoms with Crippen molar-refractivity contribution in [3.05, 3.63) is 178 Å². The maximum absolute atomic E-state index is 12.8. The molecule has 7 aromatic rings. The van der Waals surface area contributed by atoms with Crippen molar-refractivity contribution in [1.82, 2.24) is 0 Å². The monoisotopic (exact) mass is 674 g/mol. The minimum atomic E-state index is -4.38. The predicted molar refractivity (Wildman–Crippen MR) is 185 cm³/mol. The predicted octanol–water partition coefficient (Wildman–Crippen LogP) is 12.1. The van der Waals surface area contributed by atoms with Crippen LogP contribution in [0.2, 0.25) is 0 Å². The van der Waals surface area contributed by atoms with Crippen LogP contribution >= 0.6 is 0 Å². The van der Waals surface area contributed by atoms with Crippen LogP contribution in [0.1, 0.15) is 38.9 Å². The summed E-state index contributed by atoms with van der Waals surface area (Å²) in [4.78, 5) is 0. The van der Waals surface area contributed by atoms with Crippen LogP contribution in [0.25, 0.3) is 32.3 Å². The Morgan fingerprint density at radius 2 is 0.680 bits per heavy atom. The van der Waals surface area contributed by atoms with Crippen LogP contribution in [-0.2, 0) is 12.4 Å². The standard InChI is InChI=1S/C36H18F6.C7H7F/c37-35(38,39)33-13-7-23(8-14-33)1-3-25-5-11-27-19-32-22-30-18-26(6-12-28(30)20-31(32)21-29(27)17-25)4-2-24-9-15-34(16-10-24)36(40,41)42;1-6-2-4-7(8)5-3-6/h5-22H;2-5H,1H3. The molecule has 0 heterocycles. The molecule has 0 saturated carbocycles. The third-order valence-electron chi connectivity index (χ3n) is 7.89. The van der Waals surface area contributed by atoms with Crippen molar-refractivity contribution in [3.8, 4) is 23.7 Å². The molecule has 0 aromatic heterocycles. The van der Waals surface area contributed by atoms with Gasteiger partial charge in [-0.1, -0.05) is 53.5 Å². The Hall–Kier alpha value is -6.05. The van der Waals surface area contributed by atoms with E-state index in [1.165, 1.54) is 36.4 Å². The topological polar surface area (TPSA) is 0 Å². The molecule has 50 heavy (non-hydrogen) atoms. The van der Waals surface area contributed by atoms with E-state index in [2.05, 4.69) is 47.9 Å². The Labute approximate surface area is 283 Å². The van der Waals surface area contributed by atoms with Crippen molar-refractivity contribution < 1.29 is 30.7 Å². The van der Waals surface area contributed by atoms with E-state index in [-0.39, 0.29) is 5.82 Å². The molecule has 246 valence electrons. The first kappa shape index (κ1) is 33.8. The summed E-state index contributed by atoms with van der Waals surface area (Å²) in [6.07, 6.45) is -8.76. The van der Waals surface area contributed by atoms with Gasteiger partial charge in [-0.2, -0.15) is 26.3 Å². The number of hydrogen-bond acceptors (Lipinski definition) is 0. The fourth-order valence-corrected chi connectivity index (χ4v) is 5.21. The van der Waals surface area contributed by atoms with Crippen molar-refractivity contribution in [3.63, 3.8) is 0 Å². The van der Waals surface area contributed by atoms with E-state index in [0.717, 1.165) is 73.3 Å². The molecule has 0 N–H and O–H groups in total. The molecule has 0 saturated heterocycles. The zero-order valence-corrected chi connectivity index (χ0v) is 26.3. The summed E-state index contributed by atoms with van der Waals surface area (Å²) in [5, 5.41) is 6.07. The lowest BCUT2D eigenvalue weighted by molar-refractivity contribution is -0.138. The fourth-order valence-electron chi connectivity index (χ4n) is 5.21. The van der Waals surface area contributed by atoms with Gasteiger partial charge in [0.15, 0.2) is 0 Å². The second-order valence-corrected chi connectivity index (χ2v) is 11.6. The zero-order valence-electron chi connectivity index (χ0n) is 26.3. The molecule has 0 atom stereocenters. The molecule has 0 fully saturated rings. The summed E-state index contributed by atoms with van der Waals surface area (Å²) in [7, 11) is 0. The van der Waals surface area contributed by atoms with E-state index in [1.807, 2.05) is 43.3 Å². The van der Waals surface area contributed by atoms with E-state index in [0.29, 0.717) is 11.1 Å². The molecule has 0 aliphatic rings. The van der Waals surface area contributed by atoms with Gasteiger partial charge in [0.05, 0.1) is 11.1 Å². The Morgan fingerprint density at radius 3 is 1.04 bits per heavy atom. The average molecular weight is 675 g/mol. The summed E-state index contributed by atoms with van der Waals surface area (Å²) >= 11 is 0. The van der Waals surface area contributed by atoms with Gasteiger partial charge in [0.1, 0.15) is 5.82 Å². The van der Waals surface area contributed by atoms with Gasteiger partial charge >= 0.3 is 12.4 Å². The summed E-state index contributed by atoms with van der Waals surface area (Å²) in [5.41, 5.74) is 2.16. The van der Waals surface area contributed by atoms with Gasteiger partial charge in [0.25, 0.3) is 0 Å². The van der Waals surface area contributed by atoms with Gasteiger partial charge in [-0.25, -0.2) is 4.39 Å². The summed E-state index contributed by atoms with van der Waals surface area (Å²) in [5.74, 6) is 11.8. The summed E-state index contributed by atoms with van der Waals surface area (Å²) < 4.78 is 88.8. The first-order chi connectivity index (χ1) is 23.8. The van der Waals surface area contributed by atoms with Gasteiger partial charge in [-0.05, 0) is 148 Å². The van der Waals surface area contributed by atoms with E-state index < -0.39 is 23.5 Å². The zero-order chi connectivity index (χ0) is 35.5. The molecule has 0 unspecified atom stereocenters. The number of aryl methyl sites for hydroxylation is 1. The van der Waals surface area contributed by atoms with Crippen molar-refractivity contribution in [1.29, 1.82) is 0 Å². The van der Waals surface area contributed by atoms with Crippen LogP contribution in [0.15, 0.2) is 133 Å². The number of halogens is 7. The highest BCUT2D eigenvalue weighted by Gasteiger charge is 2.30. The minimum absolute atomic E-state index is 0.171. The Balaban J connectivity index is 0.000000477. The third kappa shape index (κ3) is 8.32. The van der Waals surface area contributed by atoms with Gasteiger partial charge in [-0.3, -0.25) is 0 Å². The number of alkyl halides is 6. The van der Waals surface area contributed by atoms with Crippen LogP contribution < -0.4 is 0 Å². The third-order valence-corrected chi connectivity index (χ3v) is 7.89. The van der Waals surface area contributed by atoms with E-state index in [9.17, 15) is 30.7 Å². The average Bonchev–Trinajstić information content (AvgIpc) is 3.09. The number of rotatable bonds is 0. The Morgan fingerprint density at radius 1 is 0.360 bits per heavy atom. The molecule has 0 aliphatic carbocycles. The Kier molecular flexibility index (Phi) is 9.35. The van der Waals surface area contributed by atoms with E-state index in [4.69, 9.17) is 0 Å². The highest BCUT2D eigenvalue weighted by Crippen LogP contribution is 2.31. The van der Waals surface area contributed by atoms with Crippen LogP contribution in [0, 0.1) is 36.4 Å². The number of fused-ring (bicyclic) bond motifs is 3. The van der Waals surface area contributed by atoms with Gasteiger partial charge in [0, 0.05) is 22.3 Å². The van der Waals surface area contributed by atoms with Crippen LogP contribution in [0.4, 0.5) is 30.7 Å². The summed E-state index contributed by atoms with van der Waals surface area (Å²) in [6.45, 7) is 1.93. The normalized spacial score (nSPS) is 11.3. The second kappa shape index (κ2) is 13.8. The van der Waals surface area contributed by atoms with Crippen LogP contribution in [-0.4, -0.2) is 0 Å². The van der Waals surface area contributed by atoms with Crippen molar-refractivity contribution >= 4 is 32.3 Å². The molecule has 0 spiro atoms. The SMILES string of the molecule is Cc1ccc(F)cc1.FC(F)(F)c1ccc(C#Cc2ccc3cc4cc5cc(C#Cc6ccc(C(F)(F)F)cc6)ccc5cc4cc3c2)cc1. The van der Waals surface area contributed by atoms with Crippen LogP contribution in [0.5, 0.6) is 0 Å². The molecular weight excluding hydrogens is 649 g/mol. The van der Waals surface area contributed by atoms with Crippen LogP contribution in [0.3, 0.4) is 0 Å². The van der Waals surface area contributed by atoms with E-state index >= 15 is 0 Å². The highest BCUT2D eigenvalue weighted by atomic mass is 19.4. The lowest BCUT2D eigenvalue weighted by atomic mass is 9.98. The largest absolute Gasteiger partial charge is 0.416 e. The minimum Gasteiger partial charge on any atom is -0.207 e. The maximum Gasteiger partial charge on any atom is 0.416 e. The smallest absolute Gasteiger partial charge is 0.207 e. The first-order valence-electron chi connectivity index (χ1n) is 15.3. The molecule has 0 radical (unpaired) electrons. The quantitative estimate of drug-likeness (QED) is 0.0853. The van der Waals surface area contributed by atoms with Crippen molar-refractivity contribution in [2.24, 2.45) is 0 Å². The molecule has 0 amide bonds. The molecular formula is C43H25F7. The maximum atomic E-state index is 12.8. The Bertz CT molecular complexity index is 2270. The summed E-state index contributed by atoms with van der Waals surface area (Å²) in [6, 6.07) is 35.8. The van der Waals surface area contributed by atoms with Crippen molar-refractivity contribution in [2.75, 3.05) is 0 Å². The molecule has 7 rings (SSSR count). The number of hydrogen-bond donors (Lipinski definition) is 0. The molecule has 0 nitrogen and oxygen atoms in total.